The summed E-state index contributed by atoms with van der Waals surface area (Å²) in [7, 11) is 1.82. The van der Waals surface area contributed by atoms with Gasteiger partial charge < -0.3 is 9.64 Å². The van der Waals surface area contributed by atoms with E-state index in [2.05, 4.69) is 22.3 Å². The molecule has 0 atom stereocenters. The third kappa shape index (κ3) is 2.28. The fourth-order valence-corrected chi connectivity index (χ4v) is 2.22. The molecule has 0 bridgehead atoms. The number of hydrogen-bond donors (Lipinski definition) is 0. The number of fused-ring (bicyclic) bond motifs is 1. The summed E-state index contributed by atoms with van der Waals surface area (Å²) in [4.78, 5) is 1.76. The third-order valence-electron chi connectivity index (χ3n) is 3.33. The summed E-state index contributed by atoms with van der Waals surface area (Å²) in [6.45, 7) is 1.05. The minimum atomic E-state index is 0.296. The van der Waals surface area contributed by atoms with Crippen molar-refractivity contribution < 1.29 is 4.74 Å². The summed E-state index contributed by atoms with van der Waals surface area (Å²) < 4.78 is 5.49. The van der Waals surface area contributed by atoms with Gasteiger partial charge in [-0.1, -0.05) is 0 Å². The van der Waals surface area contributed by atoms with Crippen molar-refractivity contribution >= 4 is 5.82 Å². The van der Waals surface area contributed by atoms with Gasteiger partial charge in [0.1, 0.15) is 12.3 Å². The van der Waals surface area contributed by atoms with Gasteiger partial charge in [-0.15, -0.1) is 10.2 Å². The number of benzene rings is 1. The van der Waals surface area contributed by atoms with Crippen LogP contribution in [0.1, 0.15) is 5.56 Å². The molecule has 0 fully saturated rings. The predicted octanol–water partition coefficient (Wildman–Crippen LogP) is 2.04. The average molecular weight is 266 g/mol. The number of nitrogens with zero attached hydrogens (tertiary/aromatic N) is 4. The zero-order valence-corrected chi connectivity index (χ0v) is 11.2. The molecule has 20 heavy (non-hydrogen) atoms. The molecule has 1 aromatic carbocycles. The number of hydrogen-bond acceptors (Lipinski definition) is 5. The van der Waals surface area contributed by atoms with Gasteiger partial charge in [0.15, 0.2) is 5.82 Å². The van der Waals surface area contributed by atoms with Crippen LogP contribution in [0, 0.1) is 11.3 Å². The Balaban J connectivity index is 1.86. The van der Waals surface area contributed by atoms with Crippen LogP contribution in [0.15, 0.2) is 30.3 Å². The van der Waals surface area contributed by atoms with E-state index in [4.69, 9.17) is 10.00 Å². The van der Waals surface area contributed by atoms with Gasteiger partial charge in [-0.25, -0.2) is 0 Å². The van der Waals surface area contributed by atoms with Crippen molar-refractivity contribution in [3.05, 3.63) is 35.9 Å². The molecule has 1 aliphatic rings. The molecule has 1 aromatic heterocycles. The second-order valence-electron chi connectivity index (χ2n) is 4.71. The minimum absolute atomic E-state index is 0.296. The molecular formula is C15H14N4O. The lowest BCUT2D eigenvalue weighted by atomic mass is 10.1. The van der Waals surface area contributed by atoms with Crippen molar-refractivity contribution in [2.75, 3.05) is 25.1 Å². The van der Waals surface area contributed by atoms with Gasteiger partial charge >= 0.3 is 0 Å². The minimum Gasteiger partial charge on any atom is -0.493 e. The highest BCUT2D eigenvalue weighted by Crippen LogP contribution is 2.29. The maximum absolute atomic E-state index is 8.67. The molecule has 0 N–H and O–H groups in total. The van der Waals surface area contributed by atoms with Crippen molar-refractivity contribution in [2.45, 2.75) is 6.42 Å². The number of aromatic nitrogens is 2. The van der Waals surface area contributed by atoms with Gasteiger partial charge in [-0.05, 0) is 35.9 Å². The quantitative estimate of drug-likeness (QED) is 0.795. The Bertz CT molecular complexity index is 661. The summed E-state index contributed by atoms with van der Waals surface area (Å²) >= 11 is 0. The highest BCUT2D eigenvalue weighted by atomic mass is 16.5. The van der Waals surface area contributed by atoms with Crippen molar-refractivity contribution in [3.63, 3.8) is 0 Å². The summed E-state index contributed by atoms with van der Waals surface area (Å²) in [6.07, 6.45) is 0.944. The van der Waals surface area contributed by atoms with Gasteiger partial charge in [0.25, 0.3) is 0 Å². The van der Waals surface area contributed by atoms with E-state index in [1.807, 2.05) is 31.3 Å². The summed E-state index contributed by atoms with van der Waals surface area (Å²) in [5, 5.41) is 17.1. The topological polar surface area (TPSA) is 62.0 Å². The zero-order chi connectivity index (χ0) is 13.9. The van der Waals surface area contributed by atoms with Crippen LogP contribution in [0.25, 0.3) is 11.3 Å². The molecule has 3 rings (SSSR count). The SMILES string of the molecule is CN(CC#N)c1ccc(-c2ccc3c(c2)CCO3)nn1. The monoisotopic (exact) mass is 266 g/mol. The molecule has 0 saturated heterocycles. The fourth-order valence-electron chi connectivity index (χ4n) is 2.22. The lowest BCUT2D eigenvalue weighted by molar-refractivity contribution is 0.357. The lowest BCUT2D eigenvalue weighted by Crippen LogP contribution is -2.18. The van der Waals surface area contributed by atoms with Crippen LogP contribution in [0.4, 0.5) is 5.82 Å². The van der Waals surface area contributed by atoms with Gasteiger partial charge in [0.2, 0.25) is 0 Å². The molecular weight excluding hydrogens is 252 g/mol. The molecule has 5 heteroatoms. The van der Waals surface area contributed by atoms with Crippen LogP contribution in [0.3, 0.4) is 0 Å². The summed E-state index contributed by atoms with van der Waals surface area (Å²) in [6, 6.07) is 12.0. The third-order valence-corrected chi connectivity index (χ3v) is 3.33. The van der Waals surface area contributed by atoms with E-state index in [1.54, 1.807) is 4.90 Å². The summed E-state index contributed by atoms with van der Waals surface area (Å²) in [5.74, 6) is 1.66. The van der Waals surface area contributed by atoms with Gasteiger partial charge in [0, 0.05) is 19.0 Å². The van der Waals surface area contributed by atoms with Crippen LogP contribution < -0.4 is 9.64 Å². The first kappa shape index (κ1) is 12.4. The fraction of sp³-hybridized carbons (Fsp3) is 0.267. The smallest absolute Gasteiger partial charge is 0.151 e. The van der Waals surface area contributed by atoms with Gasteiger partial charge in [0.05, 0.1) is 18.4 Å². The normalized spacial score (nSPS) is 12.4. The molecule has 5 nitrogen and oxygen atoms in total. The van der Waals surface area contributed by atoms with Crippen molar-refractivity contribution in [1.82, 2.24) is 10.2 Å². The maximum atomic E-state index is 8.67. The molecule has 0 unspecified atom stereocenters. The van der Waals surface area contributed by atoms with E-state index in [9.17, 15) is 0 Å². The van der Waals surface area contributed by atoms with E-state index < -0.39 is 0 Å². The summed E-state index contributed by atoms with van der Waals surface area (Å²) in [5.41, 5.74) is 3.08. The largest absolute Gasteiger partial charge is 0.493 e. The highest BCUT2D eigenvalue weighted by molar-refractivity contribution is 5.63. The molecule has 2 aromatic rings. The molecule has 0 spiro atoms. The average Bonchev–Trinajstić information content (AvgIpc) is 2.95. The molecule has 0 amide bonds. The van der Waals surface area contributed by atoms with Crippen LogP contribution in [0.5, 0.6) is 5.75 Å². The van der Waals surface area contributed by atoms with Crippen LogP contribution >= 0.6 is 0 Å². The molecule has 0 radical (unpaired) electrons. The van der Waals surface area contributed by atoms with Crippen molar-refractivity contribution in [3.8, 4) is 23.1 Å². The van der Waals surface area contributed by atoms with Crippen LogP contribution in [-0.4, -0.2) is 30.4 Å². The standard InChI is InChI=1S/C15H14N4O/c1-19(8-7-16)15-5-3-13(17-18-15)11-2-4-14-12(10-11)6-9-20-14/h2-5,10H,6,8-9H2,1H3. The Morgan fingerprint density at radius 2 is 2.20 bits per heavy atom. The molecule has 0 saturated carbocycles. The zero-order valence-electron chi connectivity index (χ0n) is 11.2. The van der Waals surface area contributed by atoms with Gasteiger partial charge in [-0.3, -0.25) is 0 Å². The predicted molar refractivity (Wildman–Crippen MR) is 75.6 cm³/mol. The van der Waals surface area contributed by atoms with E-state index in [0.29, 0.717) is 12.4 Å². The second-order valence-corrected chi connectivity index (χ2v) is 4.71. The first-order valence-electron chi connectivity index (χ1n) is 6.46. The second kappa shape index (κ2) is 5.17. The van der Waals surface area contributed by atoms with E-state index in [1.165, 1.54) is 5.56 Å². The first-order chi connectivity index (χ1) is 9.78. The van der Waals surface area contributed by atoms with Crippen LogP contribution in [0.2, 0.25) is 0 Å². The number of rotatable bonds is 3. The van der Waals surface area contributed by atoms with Crippen molar-refractivity contribution in [2.24, 2.45) is 0 Å². The first-order valence-corrected chi connectivity index (χ1v) is 6.46. The Kier molecular flexibility index (Phi) is 3.21. The highest BCUT2D eigenvalue weighted by Gasteiger charge is 2.13. The van der Waals surface area contributed by atoms with Crippen molar-refractivity contribution in [1.29, 1.82) is 5.26 Å². The maximum Gasteiger partial charge on any atom is 0.151 e. The molecule has 1 aliphatic heterocycles. The Labute approximate surface area is 117 Å². The number of anilines is 1. The molecule has 2 heterocycles. The Morgan fingerprint density at radius 3 is 2.95 bits per heavy atom. The number of ether oxygens (including phenoxy) is 1. The van der Waals surface area contributed by atoms with Gasteiger partial charge in [-0.2, -0.15) is 5.26 Å². The Hall–Kier alpha value is -2.61. The Morgan fingerprint density at radius 1 is 1.30 bits per heavy atom. The van der Waals surface area contributed by atoms with Crippen LogP contribution in [-0.2, 0) is 6.42 Å². The number of nitriles is 1. The van der Waals surface area contributed by atoms with E-state index in [0.717, 1.165) is 30.0 Å². The molecule has 0 aliphatic carbocycles. The lowest BCUT2D eigenvalue weighted by Gasteiger charge is -2.13. The van der Waals surface area contributed by atoms with E-state index in [-0.39, 0.29) is 0 Å². The van der Waals surface area contributed by atoms with E-state index >= 15 is 0 Å². The molecule has 100 valence electrons.